The average molecular weight is 277 g/mol. The fraction of sp³-hybridized carbons (Fsp3) is 0.667. The van der Waals surface area contributed by atoms with Crippen molar-refractivity contribution in [1.82, 2.24) is 5.32 Å². The molecular formula is C18H28FN. The zero-order valence-corrected chi connectivity index (χ0v) is 12.9. The number of nitrogens with one attached hydrogen (secondary N) is 1. The number of halogens is 1. The van der Waals surface area contributed by atoms with Gasteiger partial charge < -0.3 is 5.32 Å². The molecule has 1 fully saturated rings. The normalized spacial score (nSPS) is 17.4. The van der Waals surface area contributed by atoms with Crippen molar-refractivity contribution < 1.29 is 4.39 Å². The molecule has 0 spiro atoms. The Kier molecular flexibility index (Phi) is 5.59. The van der Waals surface area contributed by atoms with Crippen LogP contribution < -0.4 is 5.32 Å². The second-order valence-electron chi connectivity index (χ2n) is 7.10. The Morgan fingerprint density at radius 3 is 2.40 bits per heavy atom. The smallest absolute Gasteiger partial charge is 0.123 e. The molecule has 0 radical (unpaired) electrons. The van der Waals surface area contributed by atoms with Gasteiger partial charge in [-0.1, -0.05) is 45.2 Å². The molecule has 1 aromatic carbocycles. The lowest BCUT2D eigenvalue weighted by molar-refractivity contribution is 0.295. The first kappa shape index (κ1) is 15.5. The summed E-state index contributed by atoms with van der Waals surface area (Å²) in [6, 6.07) is 6.91. The largest absolute Gasteiger partial charge is 0.316 e. The molecule has 0 saturated heterocycles. The molecule has 0 bridgehead atoms. The van der Waals surface area contributed by atoms with E-state index in [0.29, 0.717) is 0 Å². The molecule has 0 aliphatic heterocycles. The molecule has 1 nitrogen and oxygen atoms in total. The second-order valence-corrected chi connectivity index (χ2v) is 7.10. The highest BCUT2D eigenvalue weighted by molar-refractivity contribution is 5.17. The third-order valence-electron chi connectivity index (χ3n) is 4.36. The molecule has 0 amide bonds. The summed E-state index contributed by atoms with van der Waals surface area (Å²) < 4.78 is 12.9. The van der Waals surface area contributed by atoms with Crippen LogP contribution in [0.1, 0.15) is 51.5 Å². The van der Waals surface area contributed by atoms with E-state index in [-0.39, 0.29) is 11.2 Å². The number of benzene rings is 1. The summed E-state index contributed by atoms with van der Waals surface area (Å²) in [4.78, 5) is 0. The van der Waals surface area contributed by atoms with E-state index in [1.165, 1.54) is 37.7 Å². The van der Waals surface area contributed by atoms with Crippen molar-refractivity contribution in [2.45, 2.75) is 52.4 Å². The lowest BCUT2D eigenvalue weighted by Crippen LogP contribution is -2.34. The zero-order valence-electron chi connectivity index (χ0n) is 12.9. The van der Waals surface area contributed by atoms with E-state index < -0.39 is 0 Å². The van der Waals surface area contributed by atoms with Gasteiger partial charge >= 0.3 is 0 Å². The monoisotopic (exact) mass is 277 g/mol. The van der Waals surface area contributed by atoms with Gasteiger partial charge in [0.2, 0.25) is 0 Å². The van der Waals surface area contributed by atoms with Crippen molar-refractivity contribution in [3.63, 3.8) is 0 Å². The maximum atomic E-state index is 12.9. The SMILES string of the molecule is CC(C)(CNCC1CCCCC1)Cc1ccc(F)cc1. The first-order valence-corrected chi connectivity index (χ1v) is 8.00. The molecule has 0 aromatic heterocycles. The highest BCUT2D eigenvalue weighted by atomic mass is 19.1. The van der Waals surface area contributed by atoms with Gasteiger partial charge in [-0.15, -0.1) is 0 Å². The quantitative estimate of drug-likeness (QED) is 0.803. The van der Waals surface area contributed by atoms with E-state index in [9.17, 15) is 4.39 Å². The lowest BCUT2D eigenvalue weighted by atomic mass is 9.85. The standard InChI is InChI=1S/C18H28FN/c1-18(2,12-15-8-10-17(19)11-9-15)14-20-13-16-6-4-3-5-7-16/h8-11,16,20H,3-7,12-14H2,1-2H3. The number of rotatable bonds is 6. The Labute approximate surface area is 123 Å². The van der Waals surface area contributed by atoms with Gasteiger partial charge in [0, 0.05) is 6.54 Å². The summed E-state index contributed by atoms with van der Waals surface area (Å²) >= 11 is 0. The van der Waals surface area contributed by atoms with Crippen LogP contribution in [-0.4, -0.2) is 13.1 Å². The van der Waals surface area contributed by atoms with E-state index in [4.69, 9.17) is 0 Å². The fourth-order valence-corrected chi connectivity index (χ4v) is 3.22. The van der Waals surface area contributed by atoms with Crippen LogP contribution in [-0.2, 0) is 6.42 Å². The Bertz CT molecular complexity index is 390. The molecule has 2 rings (SSSR count). The lowest BCUT2D eigenvalue weighted by Gasteiger charge is -2.28. The first-order chi connectivity index (χ1) is 9.55. The van der Waals surface area contributed by atoms with Crippen LogP contribution >= 0.6 is 0 Å². The molecule has 1 aliphatic rings. The van der Waals surface area contributed by atoms with Crippen molar-refractivity contribution in [2.75, 3.05) is 13.1 Å². The van der Waals surface area contributed by atoms with Gasteiger partial charge in [0.05, 0.1) is 0 Å². The molecule has 1 saturated carbocycles. The minimum atomic E-state index is -0.151. The Balaban J connectivity index is 1.73. The minimum Gasteiger partial charge on any atom is -0.316 e. The fourth-order valence-electron chi connectivity index (χ4n) is 3.22. The molecular weight excluding hydrogens is 249 g/mol. The summed E-state index contributed by atoms with van der Waals surface area (Å²) in [5.41, 5.74) is 1.43. The topological polar surface area (TPSA) is 12.0 Å². The van der Waals surface area contributed by atoms with Gasteiger partial charge in [-0.3, -0.25) is 0 Å². The molecule has 0 heterocycles. The molecule has 1 aliphatic carbocycles. The summed E-state index contributed by atoms with van der Waals surface area (Å²) in [5.74, 6) is 0.729. The second kappa shape index (κ2) is 7.21. The van der Waals surface area contributed by atoms with Crippen LogP contribution in [0.25, 0.3) is 0 Å². The van der Waals surface area contributed by atoms with Crippen LogP contribution in [0.5, 0.6) is 0 Å². The van der Waals surface area contributed by atoms with E-state index in [1.807, 2.05) is 12.1 Å². The van der Waals surface area contributed by atoms with Crippen LogP contribution in [0.4, 0.5) is 4.39 Å². The van der Waals surface area contributed by atoms with Crippen LogP contribution in [0, 0.1) is 17.2 Å². The number of hydrogen-bond donors (Lipinski definition) is 1. The highest BCUT2D eigenvalue weighted by Crippen LogP contribution is 2.24. The van der Waals surface area contributed by atoms with E-state index in [0.717, 1.165) is 25.4 Å². The van der Waals surface area contributed by atoms with Crippen LogP contribution in [0.3, 0.4) is 0 Å². The average Bonchev–Trinajstić information content (AvgIpc) is 2.42. The Hall–Kier alpha value is -0.890. The van der Waals surface area contributed by atoms with E-state index in [2.05, 4.69) is 19.2 Å². The molecule has 2 heteroatoms. The Morgan fingerprint density at radius 1 is 1.10 bits per heavy atom. The van der Waals surface area contributed by atoms with Gasteiger partial charge in [-0.25, -0.2) is 4.39 Å². The van der Waals surface area contributed by atoms with Gasteiger partial charge in [-0.05, 0) is 54.8 Å². The van der Waals surface area contributed by atoms with Gasteiger partial charge in [-0.2, -0.15) is 0 Å². The van der Waals surface area contributed by atoms with Crippen LogP contribution in [0.15, 0.2) is 24.3 Å². The number of hydrogen-bond acceptors (Lipinski definition) is 1. The maximum Gasteiger partial charge on any atom is 0.123 e. The molecule has 1 aromatic rings. The van der Waals surface area contributed by atoms with Crippen LogP contribution in [0.2, 0.25) is 0 Å². The predicted octanol–water partition coefficient (Wildman–Crippen LogP) is 4.56. The molecule has 20 heavy (non-hydrogen) atoms. The Morgan fingerprint density at radius 2 is 1.75 bits per heavy atom. The third-order valence-corrected chi connectivity index (χ3v) is 4.36. The molecule has 0 unspecified atom stereocenters. The zero-order chi connectivity index (χ0) is 14.4. The van der Waals surface area contributed by atoms with Crippen molar-refractivity contribution in [1.29, 1.82) is 0 Å². The van der Waals surface area contributed by atoms with Crippen molar-refractivity contribution in [3.8, 4) is 0 Å². The summed E-state index contributed by atoms with van der Waals surface area (Å²) in [7, 11) is 0. The van der Waals surface area contributed by atoms with Gasteiger partial charge in [0.15, 0.2) is 0 Å². The highest BCUT2D eigenvalue weighted by Gasteiger charge is 2.19. The molecule has 112 valence electrons. The predicted molar refractivity (Wildman–Crippen MR) is 83.3 cm³/mol. The first-order valence-electron chi connectivity index (χ1n) is 8.00. The maximum absolute atomic E-state index is 12.9. The molecule has 0 atom stereocenters. The third kappa shape index (κ3) is 5.24. The summed E-state index contributed by atoms with van der Waals surface area (Å²) in [5, 5.41) is 3.65. The minimum absolute atomic E-state index is 0.151. The summed E-state index contributed by atoms with van der Waals surface area (Å²) in [6.45, 7) is 6.75. The van der Waals surface area contributed by atoms with Gasteiger partial charge in [0.1, 0.15) is 5.82 Å². The summed E-state index contributed by atoms with van der Waals surface area (Å²) in [6.07, 6.45) is 8.02. The van der Waals surface area contributed by atoms with Crippen molar-refractivity contribution in [2.24, 2.45) is 11.3 Å². The van der Waals surface area contributed by atoms with E-state index in [1.54, 1.807) is 12.1 Å². The van der Waals surface area contributed by atoms with Crippen molar-refractivity contribution in [3.05, 3.63) is 35.6 Å². The van der Waals surface area contributed by atoms with Gasteiger partial charge in [0.25, 0.3) is 0 Å². The van der Waals surface area contributed by atoms with Crippen molar-refractivity contribution >= 4 is 0 Å². The molecule has 1 N–H and O–H groups in total. The van der Waals surface area contributed by atoms with E-state index >= 15 is 0 Å².